The Balaban J connectivity index is 2.10. The van der Waals surface area contributed by atoms with Gasteiger partial charge in [-0.05, 0) is 36.8 Å². The molecule has 0 aliphatic carbocycles. The number of hydrogen-bond acceptors (Lipinski definition) is 2. The van der Waals surface area contributed by atoms with Crippen molar-refractivity contribution in [2.45, 2.75) is 20.0 Å². The van der Waals surface area contributed by atoms with Crippen molar-refractivity contribution in [3.05, 3.63) is 54.1 Å². The van der Waals surface area contributed by atoms with E-state index >= 15 is 0 Å². The van der Waals surface area contributed by atoms with E-state index in [1.807, 2.05) is 6.07 Å². The number of methoxy groups -OCH3 is 1. The molecule has 0 atom stereocenters. The van der Waals surface area contributed by atoms with Crippen LogP contribution in [0.5, 0.6) is 5.75 Å². The molecule has 3 heteroatoms. The lowest BCUT2D eigenvalue weighted by molar-refractivity contribution is 0.415. The highest BCUT2D eigenvalue weighted by Crippen LogP contribution is 2.14. The fourth-order valence-corrected chi connectivity index (χ4v) is 4.15. The molecule has 1 N–H and O–H groups in total. The molecule has 0 aliphatic rings. The third kappa shape index (κ3) is 3.64. The van der Waals surface area contributed by atoms with Crippen LogP contribution in [-0.2, 0) is 0 Å². The maximum atomic E-state index is 5.33. The van der Waals surface area contributed by atoms with E-state index in [4.69, 9.17) is 4.74 Å². The van der Waals surface area contributed by atoms with Crippen molar-refractivity contribution in [3.63, 3.8) is 0 Å². The van der Waals surface area contributed by atoms with Crippen LogP contribution in [0, 0.1) is 6.92 Å². The molecule has 20 heavy (non-hydrogen) atoms. The molecule has 2 aromatic rings. The normalized spacial score (nSPS) is 11.2. The summed E-state index contributed by atoms with van der Waals surface area (Å²) >= 11 is 0. The second kappa shape index (κ2) is 6.14. The first-order chi connectivity index (χ1) is 9.51. The van der Waals surface area contributed by atoms with Gasteiger partial charge in [0.05, 0.1) is 7.11 Å². The zero-order valence-electron chi connectivity index (χ0n) is 12.7. The summed E-state index contributed by atoms with van der Waals surface area (Å²) in [5, 5.41) is 5.00. The highest BCUT2D eigenvalue weighted by atomic mass is 28.3. The van der Waals surface area contributed by atoms with Gasteiger partial charge in [-0.2, -0.15) is 0 Å². The van der Waals surface area contributed by atoms with E-state index in [1.54, 1.807) is 7.11 Å². The molecule has 0 aromatic heterocycles. The van der Waals surface area contributed by atoms with Crippen LogP contribution in [0.15, 0.2) is 48.5 Å². The number of ether oxygens (including phenoxy) is 1. The van der Waals surface area contributed by atoms with Crippen LogP contribution in [0.3, 0.4) is 0 Å². The smallest absolute Gasteiger partial charge is 0.118 e. The zero-order valence-corrected chi connectivity index (χ0v) is 13.7. The molecule has 0 bridgehead atoms. The van der Waals surface area contributed by atoms with Crippen molar-refractivity contribution in [2.24, 2.45) is 0 Å². The molecule has 0 unspecified atom stereocenters. The number of hydrogen-bond donors (Lipinski definition) is 1. The lowest BCUT2D eigenvalue weighted by atomic mass is 10.2. The molecule has 0 spiro atoms. The highest BCUT2D eigenvalue weighted by molar-refractivity contribution is 6.90. The summed E-state index contributed by atoms with van der Waals surface area (Å²) in [4.78, 5) is 0. The van der Waals surface area contributed by atoms with Crippen LogP contribution in [0.2, 0.25) is 13.1 Å². The zero-order chi connectivity index (χ0) is 14.6. The summed E-state index contributed by atoms with van der Waals surface area (Å²) < 4.78 is 5.33. The summed E-state index contributed by atoms with van der Waals surface area (Å²) in [5.41, 5.74) is 2.49. The molecule has 2 rings (SSSR count). The van der Waals surface area contributed by atoms with Gasteiger partial charge in [0.1, 0.15) is 13.8 Å². The third-order valence-electron chi connectivity index (χ3n) is 3.60. The Morgan fingerprint density at radius 3 is 2.50 bits per heavy atom. The molecule has 0 radical (unpaired) electrons. The molecule has 0 amide bonds. The van der Waals surface area contributed by atoms with E-state index < -0.39 is 8.07 Å². The average Bonchev–Trinajstić information content (AvgIpc) is 2.45. The van der Waals surface area contributed by atoms with Crippen molar-refractivity contribution in [1.82, 2.24) is 0 Å². The Hall–Kier alpha value is -1.74. The molecule has 0 aliphatic heterocycles. The van der Waals surface area contributed by atoms with Crippen molar-refractivity contribution in [1.29, 1.82) is 0 Å². The van der Waals surface area contributed by atoms with Gasteiger partial charge in [-0.1, -0.05) is 42.5 Å². The number of rotatable bonds is 5. The van der Waals surface area contributed by atoms with E-state index in [0.29, 0.717) is 0 Å². The predicted octanol–water partition coefficient (Wildman–Crippen LogP) is 3.57. The predicted molar refractivity (Wildman–Crippen MR) is 89.8 cm³/mol. The maximum Gasteiger partial charge on any atom is 0.118 e. The number of anilines is 1. The van der Waals surface area contributed by atoms with Crippen LogP contribution < -0.4 is 15.2 Å². The molecule has 0 heterocycles. The minimum atomic E-state index is -1.52. The van der Waals surface area contributed by atoms with E-state index in [9.17, 15) is 0 Å². The van der Waals surface area contributed by atoms with Gasteiger partial charge in [-0.15, -0.1) is 0 Å². The van der Waals surface area contributed by atoms with Crippen LogP contribution >= 0.6 is 0 Å². The lowest BCUT2D eigenvalue weighted by Gasteiger charge is -2.24. The fraction of sp³-hybridized carbons (Fsp3) is 0.294. The first-order valence-electron chi connectivity index (χ1n) is 6.96. The summed E-state index contributed by atoms with van der Waals surface area (Å²) in [7, 11) is 0.203. The van der Waals surface area contributed by atoms with E-state index in [1.165, 1.54) is 16.4 Å². The Morgan fingerprint density at radius 2 is 1.80 bits per heavy atom. The van der Waals surface area contributed by atoms with Gasteiger partial charge in [0.2, 0.25) is 0 Å². The standard InChI is InChI=1S/C17H23NOSi/c1-14-7-5-8-15(11-14)18-13-20(3,4)17-10-6-9-16(12-17)19-2/h5-12,18H,13H2,1-4H3. The SMILES string of the molecule is COc1cccc([Si](C)(C)CNc2cccc(C)c2)c1. The largest absolute Gasteiger partial charge is 0.497 e. The van der Waals surface area contributed by atoms with Gasteiger partial charge in [-0.3, -0.25) is 0 Å². The second-order valence-electron chi connectivity index (χ2n) is 5.84. The van der Waals surface area contributed by atoms with Crippen molar-refractivity contribution in [2.75, 3.05) is 18.6 Å². The van der Waals surface area contributed by atoms with Gasteiger partial charge in [0.15, 0.2) is 0 Å². The Kier molecular flexibility index (Phi) is 4.50. The minimum Gasteiger partial charge on any atom is -0.497 e. The van der Waals surface area contributed by atoms with Crippen LogP contribution in [0.1, 0.15) is 5.56 Å². The topological polar surface area (TPSA) is 21.3 Å². The van der Waals surface area contributed by atoms with Gasteiger partial charge in [0, 0.05) is 11.9 Å². The van der Waals surface area contributed by atoms with Crippen LogP contribution in [0.4, 0.5) is 5.69 Å². The van der Waals surface area contributed by atoms with Crippen LogP contribution in [-0.4, -0.2) is 21.4 Å². The molecular weight excluding hydrogens is 262 g/mol. The maximum absolute atomic E-state index is 5.33. The minimum absolute atomic E-state index is 0.943. The van der Waals surface area contributed by atoms with Gasteiger partial charge < -0.3 is 10.1 Å². The quantitative estimate of drug-likeness (QED) is 0.848. The molecule has 0 saturated carbocycles. The van der Waals surface area contributed by atoms with E-state index in [-0.39, 0.29) is 0 Å². The summed E-state index contributed by atoms with van der Waals surface area (Å²) in [6.07, 6.45) is 1.02. The molecule has 2 aromatic carbocycles. The number of benzene rings is 2. The van der Waals surface area contributed by atoms with Crippen LogP contribution in [0.25, 0.3) is 0 Å². The second-order valence-corrected chi connectivity index (χ2v) is 10.5. The molecule has 0 fully saturated rings. The molecule has 0 saturated heterocycles. The molecule has 106 valence electrons. The van der Waals surface area contributed by atoms with Crippen molar-refractivity contribution < 1.29 is 4.74 Å². The van der Waals surface area contributed by atoms with Gasteiger partial charge >= 0.3 is 0 Å². The summed E-state index contributed by atoms with van der Waals surface area (Å²) in [6.45, 7) is 6.88. The summed E-state index contributed by atoms with van der Waals surface area (Å²) in [6, 6.07) is 17.0. The van der Waals surface area contributed by atoms with Gasteiger partial charge in [0.25, 0.3) is 0 Å². The fourth-order valence-electron chi connectivity index (χ4n) is 2.22. The van der Waals surface area contributed by atoms with Crippen molar-refractivity contribution >= 4 is 18.9 Å². The van der Waals surface area contributed by atoms with Gasteiger partial charge in [-0.25, -0.2) is 0 Å². The Morgan fingerprint density at radius 1 is 1.05 bits per heavy atom. The Labute approximate surface area is 122 Å². The Bertz CT molecular complexity index is 581. The van der Waals surface area contributed by atoms with E-state index in [0.717, 1.165) is 11.9 Å². The molecular formula is C17H23NOSi. The first-order valence-corrected chi connectivity index (χ1v) is 10.2. The number of aryl methyl sites for hydroxylation is 1. The number of nitrogens with one attached hydrogen (secondary N) is 1. The average molecular weight is 285 g/mol. The highest BCUT2D eigenvalue weighted by Gasteiger charge is 2.23. The first kappa shape index (κ1) is 14.7. The van der Waals surface area contributed by atoms with Crippen molar-refractivity contribution in [3.8, 4) is 5.75 Å². The monoisotopic (exact) mass is 285 g/mol. The lowest BCUT2D eigenvalue weighted by Crippen LogP contribution is -2.48. The van der Waals surface area contributed by atoms with E-state index in [2.05, 4.69) is 67.8 Å². The molecule has 2 nitrogen and oxygen atoms in total. The third-order valence-corrected chi connectivity index (χ3v) is 6.54. The summed E-state index contributed by atoms with van der Waals surface area (Å²) in [5.74, 6) is 0.943.